The normalized spacial score (nSPS) is 20.2. The van der Waals surface area contributed by atoms with Gasteiger partial charge in [0.05, 0.1) is 25.3 Å². The van der Waals surface area contributed by atoms with Gasteiger partial charge in [0.2, 0.25) is 5.91 Å². The van der Waals surface area contributed by atoms with Crippen LogP contribution in [0.1, 0.15) is 11.3 Å². The molecule has 0 spiro atoms. The van der Waals surface area contributed by atoms with Gasteiger partial charge in [0.25, 0.3) is 0 Å². The summed E-state index contributed by atoms with van der Waals surface area (Å²) in [7, 11) is 1.60. The van der Waals surface area contributed by atoms with Gasteiger partial charge in [-0.2, -0.15) is 0 Å². The van der Waals surface area contributed by atoms with Gasteiger partial charge in [-0.3, -0.25) is 14.8 Å². The molecule has 1 N–H and O–H groups in total. The van der Waals surface area contributed by atoms with Crippen molar-refractivity contribution in [2.45, 2.75) is 18.9 Å². The van der Waals surface area contributed by atoms with Gasteiger partial charge in [0.1, 0.15) is 5.75 Å². The molecular weight excluding hydrogens is 306 g/mol. The molecule has 2 heterocycles. The first-order valence-electron chi connectivity index (χ1n) is 8.00. The predicted molar refractivity (Wildman–Crippen MR) is 88.5 cm³/mol. The average Bonchev–Trinajstić information content (AvgIpc) is 2.97. The average molecular weight is 327 g/mol. The SMILES string of the molecule is COc1ccccc1CC(=O)N1C[C@@H](Cc2cnccn2)[C@H](O)C1. The Morgan fingerprint density at radius 2 is 2.17 bits per heavy atom. The topological polar surface area (TPSA) is 75.5 Å². The fraction of sp³-hybridized carbons (Fsp3) is 0.389. The highest BCUT2D eigenvalue weighted by molar-refractivity contribution is 5.79. The monoisotopic (exact) mass is 327 g/mol. The molecule has 126 valence electrons. The van der Waals surface area contributed by atoms with Crippen LogP contribution in [0, 0.1) is 5.92 Å². The van der Waals surface area contributed by atoms with Gasteiger partial charge in [0.15, 0.2) is 0 Å². The Morgan fingerprint density at radius 3 is 2.92 bits per heavy atom. The van der Waals surface area contributed by atoms with Crippen molar-refractivity contribution in [3.63, 3.8) is 0 Å². The van der Waals surface area contributed by atoms with E-state index in [9.17, 15) is 9.90 Å². The summed E-state index contributed by atoms with van der Waals surface area (Å²) in [4.78, 5) is 22.6. The summed E-state index contributed by atoms with van der Waals surface area (Å²) in [5.41, 5.74) is 1.69. The van der Waals surface area contributed by atoms with Gasteiger partial charge >= 0.3 is 0 Å². The van der Waals surface area contributed by atoms with E-state index in [1.54, 1.807) is 30.6 Å². The highest BCUT2D eigenvalue weighted by atomic mass is 16.5. The van der Waals surface area contributed by atoms with Crippen LogP contribution >= 0.6 is 0 Å². The number of β-amino-alcohol motifs (C(OH)–C–C–N with tert-alkyl or cyclic N) is 1. The Morgan fingerprint density at radius 1 is 1.33 bits per heavy atom. The van der Waals surface area contributed by atoms with Gasteiger partial charge in [-0.25, -0.2) is 0 Å². The van der Waals surface area contributed by atoms with Crippen molar-refractivity contribution < 1.29 is 14.6 Å². The number of aromatic nitrogens is 2. The number of carbonyl (C=O) groups excluding carboxylic acids is 1. The molecule has 0 unspecified atom stereocenters. The quantitative estimate of drug-likeness (QED) is 0.890. The highest BCUT2D eigenvalue weighted by Crippen LogP contribution is 2.23. The lowest BCUT2D eigenvalue weighted by atomic mass is 10.0. The number of para-hydroxylation sites is 1. The molecule has 0 bridgehead atoms. The summed E-state index contributed by atoms with van der Waals surface area (Å²) >= 11 is 0. The highest BCUT2D eigenvalue weighted by Gasteiger charge is 2.34. The van der Waals surface area contributed by atoms with E-state index in [2.05, 4.69) is 9.97 Å². The molecule has 2 atom stereocenters. The van der Waals surface area contributed by atoms with Crippen molar-refractivity contribution in [2.24, 2.45) is 5.92 Å². The first kappa shape index (κ1) is 16.4. The van der Waals surface area contributed by atoms with Gasteiger partial charge in [-0.05, 0) is 12.5 Å². The number of benzene rings is 1. The minimum absolute atomic E-state index is 0.000181. The van der Waals surface area contributed by atoms with E-state index in [4.69, 9.17) is 4.74 Å². The number of amides is 1. The first-order chi connectivity index (χ1) is 11.7. The van der Waals surface area contributed by atoms with Crippen molar-refractivity contribution >= 4 is 5.91 Å². The molecule has 1 aliphatic rings. The van der Waals surface area contributed by atoms with Crippen LogP contribution in [0.2, 0.25) is 0 Å². The van der Waals surface area contributed by atoms with Crippen LogP contribution in [-0.4, -0.2) is 52.2 Å². The van der Waals surface area contributed by atoms with E-state index in [-0.39, 0.29) is 18.2 Å². The number of aliphatic hydroxyl groups is 1. The molecule has 1 aromatic heterocycles. The standard InChI is InChI=1S/C18H21N3O3/c1-24-17-5-3-2-4-13(17)9-18(23)21-11-14(16(22)12-21)8-15-10-19-6-7-20-15/h2-7,10,14,16,22H,8-9,11-12H2,1H3/t14-,16-/m1/s1. The minimum atomic E-state index is -0.534. The number of nitrogens with zero attached hydrogens (tertiary/aromatic N) is 3. The summed E-state index contributed by atoms with van der Waals surface area (Å²) < 4.78 is 5.29. The Hall–Kier alpha value is -2.47. The van der Waals surface area contributed by atoms with E-state index < -0.39 is 6.10 Å². The maximum Gasteiger partial charge on any atom is 0.227 e. The van der Waals surface area contributed by atoms with E-state index in [1.807, 2.05) is 24.3 Å². The zero-order valence-corrected chi connectivity index (χ0v) is 13.6. The Kier molecular flexibility index (Phi) is 5.05. The van der Waals surface area contributed by atoms with Crippen molar-refractivity contribution in [1.82, 2.24) is 14.9 Å². The molecule has 6 heteroatoms. The lowest BCUT2D eigenvalue weighted by Gasteiger charge is -2.17. The summed E-state index contributed by atoms with van der Waals surface area (Å²) in [5, 5.41) is 10.3. The van der Waals surface area contributed by atoms with Crippen LogP contribution in [0.3, 0.4) is 0 Å². The Labute approximate surface area is 141 Å². The molecule has 1 aromatic carbocycles. The van der Waals surface area contributed by atoms with E-state index in [0.717, 1.165) is 11.3 Å². The number of aliphatic hydroxyl groups excluding tert-OH is 1. The predicted octanol–water partition coefficient (Wildman–Crippen LogP) is 1.09. The molecule has 1 amide bonds. The van der Waals surface area contributed by atoms with Gasteiger partial charge in [-0.15, -0.1) is 0 Å². The van der Waals surface area contributed by atoms with Crippen LogP contribution in [0.4, 0.5) is 0 Å². The number of ether oxygens (including phenoxy) is 1. The van der Waals surface area contributed by atoms with Crippen molar-refractivity contribution in [3.05, 3.63) is 54.1 Å². The van der Waals surface area contributed by atoms with Crippen molar-refractivity contribution in [3.8, 4) is 5.75 Å². The second kappa shape index (κ2) is 7.40. The maximum absolute atomic E-state index is 12.6. The zero-order chi connectivity index (χ0) is 16.9. The molecule has 0 aliphatic carbocycles. The van der Waals surface area contributed by atoms with Crippen LogP contribution in [0.25, 0.3) is 0 Å². The minimum Gasteiger partial charge on any atom is -0.496 e. The third-order valence-electron chi connectivity index (χ3n) is 4.38. The number of rotatable bonds is 5. The number of hydrogen-bond acceptors (Lipinski definition) is 5. The molecule has 3 rings (SSSR count). The summed E-state index contributed by atoms with van der Waals surface area (Å²) in [6.45, 7) is 0.893. The molecule has 24 heavy (non-hydrogen) atoms. The molecule has 0 saturated carbocycles. The molecule has 1 aliphatic heterocycles. The number of hydrogen-bond donors (Lipinski definition) is 1. The Bertz CT molecular complexity index is 693. The van der Waals surface area contributed by atoms with Crippen molar-refractivity contribution in [1.29, 1.82) is 0 Å². The number of methoxy groups -OCH3 is 1. The van der Waals surface area contributed by atoms with E-state index >= 15 is 0 Å². The van der Waals surface area contributed by atoms with Crippen LogP contribution in [-0.2, 0) is 17.6 Å². The van der Waals surface area contributed by atoms with Crippen LogP contribution < -0.4 is 4.74 Å². The molecule has 2 aromatic rings. The van der Waals surface area contributed by atoms with Crippen molar-refractivity contribution in [2.75, 3.05) is 20.2 Å². The smallest absolute Gasteiger partial charge is 0.227 e. The van der Waals surface area contributed by atoms with Gasteiger partial charge in [-0.1, -0.05) is 18.2 Å². The molecule has 1 fully saturated rings. The fourth-order valence-corrected chi connectivity index (χ4v) is 3.09. The van der Waals surface area contributed by atoms with Gasteiger partial charge < -0.3 is 14.7 Å². The van der Waals surface area contributed by atoms with Crippen LogP contribution in [0.15, 0.2) is 42.9 Å². The van der Waals surface area contributed by atoms with E-state index in [1.165, 1.54) is 0 Å². The third kappa shape index (κ3) is 3.71. The molecule has 1 saturated heterocycles. The number of carbonyl (C=O) groups is 1. The largest absolute Gasteiger partial charge is 0.496 e. The van der Waals surface area contributed by atoms with Crippen LogP contribution in [0.5, 0.6) is 5.75 Å². The lowest BCUT2D eigenvalue weighted by Crippen LogP contribution is -2.31. The summed E-state index contributed by atoms with van der Waals surface area (Å²) in [5.74, 6) is 0.699. The third-order valence-corrected chi connectivity index (χ3v) is 4.38. The van der Waals surface area contributed by atoms with E-state index in [0.29, 0.717) is 25.3 Å². The number of likely N-dealkylation sites (tertiary alicyclic amines) is 1. The fourth-order valence-electron chi connectivity index (χ4n) is 3.09. The molecule has 6 nitrogen and oxygen atoms in total. The molecule has 0 radical (unpaired) electrons. The second-order valence-electron chi connectivity index (χ2n) is 6.02. The molecular formula is C18H21N3O3. The maximum atomic E-state index is 12.6. The zero-order valence-electron chi connectivity index (χ0n) is 13.6. The summed E-state index contributed by atoms with van der Waals surface area (Å²) in [6, 6.07) is 7.50. The second-order valence-corrected chi connectivity index (χ2v) is 6.02. The first-order valence-corrected chi connectivity index (χ1v) is 8.00. The van der Waals surface area contributed by atoms with Gasteiger partial charge in [0, 0.05) is 43.2 Å². The lowest BCUT2D eigenvalue weighted by molar-refractivity contribution is -0.129. The Balaban J connectivity index is 1.62. The summed E-state index contributed by atoms with van der Waals surface area (Å²) in [6.07, 6.45) is 5.32.